The standard InChI is InChI=1S/C6H13N3.ClH/c1-4-5-7-6-8-9(2)3;/h4-5H2,1-3H3;1H. The highest BCUT2D eigenvalue weighted by atomic mass is 35.5. The van der Waals surface area contributed by atoms with Crippen LogP contribution in [-0.2, 0) is 0 Å². The fourth-order valence-corrected chi connectivity index (χ4v) is 0.283. The lowest BCUT2D eigenvalue weighted by molar-refractivity contribution is 0.440. The van der Waals surface area contributed by atoms with Crippen LogP contribution >= 0.6 is 12.4 Å². The summed E-state index contributed by atoms with van der Waals surface area (Å²) in [6.07, 6.45) is 1.05. The number of hydrogen-bond donors (Lipinski definition) is 0. The molecule has 0 atom stereocenters. The monoisotopic (exact) mass is 163 g/mol. The molecule has 0 radical (unpaired) electrons. The van der Waals surface area contributed by atoms with E-state index in [0.717, 1.165) is 13.0 Å². The van der Waals surface area contributed by atoms with Crippen LogP contribution in [0, 0.1) is 0 Å². The molecule has 0 saturated heterocycles. The summed E-state index contributed by atoms with van der Waals surface area (Å²) in [6.45, 7) is 2.89. The van der Waals surface area contributed by atoms with E-state index in [4.69, 9.17) is 0 Å². The molecule has 0 spiro atoms. The Morgan fingerprint density at radius 3 is 2.40 bits per heavy atom. The van der Waals surface area contributed by atoms with Crippen molar-refractivity contribution in [1.82, 2.24) is 5.01 Å². The van der Waals surface area contributed by atoms with Gasteiger partial charge in [-0.05, 0) is 6.42 Å². The van der Waals surface area contributed by atoms with Gasteiger partial charge in [0.25, 0.3) is 0 Å². The Bertz CT molecular complexity index is 116. The molecule has 0 bridgehead atoms. The van der Waals surface area contributed by atoms with Gasteiger partial charge in [0.2, 0.25) is 0 Å². The van der Waals surface area contributed by atoms with E-state index in [1.54, 1.807) is 5.01 Å². The molecule has 0 unspecified atom stereocenters. The highest BCUT2D eigenvalue weighted by Crippen LogP contribution is 1.74. The van der Waals surface area contributed by atoms with E-state index >= 15 is 0 Å². The Hall–Kier alpha value is -0.530. The van der Waals surface area contributed by atoms with Crippen molar-refractivity contribution in [3.05, 3.63) is 0 Å². The summed E-state index contributed by atoms with van der Waals surface area (Å²) >= 11 is 0. The van der Waals surface area contributed by atoms with Crippen molar-refractivity contribution in [3.63, 3.8) is 0 Å². The van der Waals surface area contributed by atoms with Crippen LogP contribution in [0.2, 0.25) is 0 Å². The molecule has 4 heteroatoms. The molecule has 10 heavy (non-hydrogen) atoms. The van der Waals surface area contributed by atoms with Crippen LogP contribution in [0.5, 0.6) is 0 Å². The molecule has 0 saturated carbocycles. The first kappa shape index (κ1) is 12.2. The van der Waals surface area contributed by atoms with Crippen molar-refractivity contribution in [2.45, 2.75) is 13.3 Å². The first-order chi connectivity index (χ1) is 4.27. The van der Waals surface area contributed by atoms with E-state index < -0.39 is 0 Å². The molecule has 0 amide bonds. The van der Waals surface area contributed by atoms with Gasteiger partial charge in [-0.3, -0.25) is 5.01 Å². The lowest BCUT2D eigenvalue weighted by Crippen LogP contribution is -1.99. The Balaban J connectivity index is 0. The third-order valence-electron chi connectivity index (χ3n) is 0.651. The normalized spacial score (nSPS) is 7.10. The molecule has 0 aliphatic rings. The smallest absolute Gasteiger partial charge is 0.114 e. The molecular formula is C6H14ClN3. The topological polar surface area (TPSA) is 28.0 Å². The predicted octanol–water partition coefficient (Wildman–Crippen LogP) is 1.47. The van der Waals surface area contributed by atoms with Crippen LogP contribution in [0.25, 0.3) is 0 Å². The van der Waals surface area contributed by atoms with E-state index in [2.05, 4.69) is 23.0 Å². The van der Waals surface area contributed by atoms with Crippen molar-refractivity contribution < 1.29 is 0 Å². The van der Waals surface area contributed by atoms with Gasteiger partial charge in [-0.25, -0.2) is 4.99 Å². The van der Waals surface area contributed by atoms with Gasteiger partial charge in [0.15, 0.2) is 0 Å². The Kier molecular flexibility index (Phi) is 10.3. The fourth-order valence-electron chi connectivity index (χ4n) is 0.283. The summed E-state index contributed by atoms with van der Waals surface area (Å²) in [5.74, 6) is 0. The van der Waals surface area contributed by atoms with Gasteiger partial charge in [0.05, 0.1) is 0 Å². The third-order valence-corrected chi connectivity index (χ3v) is 0.651. The van der Waals surface area contributed by atoms with E-state index in [-0.39, 0.29) is 12.4 Å². The maximum absolute atomic E-state index is 3.87. The number of aliphatic imine (C=N–C) groups is 1. The third kappa shape index (κ3) is 10.5. The number of rotatable bonds is 3. The summed E-state index contributed by atoms with van der Waals surface area (Å²) in [4.78, 5) is 3.87. The minimum atomic E-state index is 0. The first-order valence-corrected chi connectivity index (χ1v) is 3.06. The highest BCUT2D eigenvalue weighted by Gasteiger charge is 1.71. The minimum Gasteiger partial charge on any atom is -0.294 e. The fraction of sp³-hybridized carbons (Fsp3) is 0.833. The van der Waals surface area contributed by atoms with Gasteiger partial charge in [0.1, 0.15) is 6.01 Å². The van der Waals surface area contributed by atoms with Crippen molar-refractivity contribution >= 4 is 18.4 Å². The summed E-state index contributed by atoms with van der Waals surface area (Å²) in [5, 5.41) is 5.44. The number of nitrogens with zero attached hydrogens (tertiary/aromatic N) is 3. The summed E-state index contributed by atoms with van der Waals surface area (Å²) < 4.78 is 0. The van der Waals surface area contributed by atoms with E-state index in [9.17, 15) is 0 Å². The Labute approximate surface area is 68.2 Å². The molecular weight excluding hydrogens is 150 g/mol. The maximum atomic E-state index is 3.87. The van der Waals surface area contributed by atoms with Gasteiger partial charge < -0.3 is 0 Å². The molecule has 60 valence electrons. The number of hydrogen-bond acceptors (Lipinski definition) is 3. The second kappa shape index (κ2) is 8.47. The predicted molar refractivity (Wildman–Crippen MR) is 46.0 cm³/mol. The van der Waals surface area contributed by atoms with Gasteiger partial charge in [0, 0.05) is 20.6 Å². The average molecular weight is 164 g/mol. The zero-order valence-electron chi connectivity index (χ0n) is 6.66. The molecule has 0 aromatic rings. The quantitative estimate of drug-likeness (QED) is 0.458. The molecule has 0 heterocycles. The maximum Gasteiger partial charge on any atom is 0.114 e. The lowest BCUT2D eigenvalue weighted by Gasteiger charge is -1.96. The molecule has 0 fully saturated rings. The Morgan fingerprint density at radius 2 is 2.00 bits per heavy atom. The van der Waals surface area contributed by atoms with Crippen LogP contribution in [0.15, 0.2) is 10.1 Å². The van der Waals surface area contributed by atoms with E-state index in [0.29, 0.717) is 0 Å². The van der Waals surface area contributed by atoms with Crippen molar-refractivity contribution in [3.8, 4) is 0 Å². The van der Waals surface area contributed by atoms with Crippen LogP contribution in [0.4, 0.5) is 0 Å². The Morgan fingerprint density at radius 1 is 1.40 bits per heavy atom. The molecule has 0 aromatic carbocycles. The second-order valence-electron chi connectivity index (χ2n) is 1.93. The molecule has 0 aliphatic heterocycles. The van der Waals surface area contributed by atoms with Crippen molar-refractivity contribution in [2.75, 3.05) is 20.6 Å². The molecule has 0 N–H and O–H groups in total. The summed E-state index contributed by atoms with van der Waals surface area (Å²) in [7, 11) is 3.68. The van der Waals surface area contributed by atoms with Gasteiger partial charge in [-0.15, -0.1) is 17.5 Å². The summed E-state index contributed by atoms with van der Waals surface area (Å²) in [6, 6.07) is 2.56. The number of halogens is 1. The van der Waals surface area contributed by atoms with Gasteiger partial charge in [-0.2, -0.15) is 0 Å². The zero-order valence-corrected chi connectivity index (χ0v) is 7.48. The van der Waals surface area contributed by atoms with Crippen LogP contribution in [0.3, 0.4) is 0 Å². The molecule has 0 aromatic heterocycles. The first-order valence-electron chi connectivity index (χ1n) is 3.06. The van der Waals surface area contributed by atoms with Crippen molar-refractivity contribution in [1.29, 1.82) is 0 Å². The van der Waals surface area contributed by atoms with Crippen LogP contribution in [0.1, 0.15) is 13.3 Å². The summed E-state index contributed by atoms with van der Waals surface area (Å²) in [5.41, 5.74) is 0. The second-order valence-corrected chi connectivity index (χ2v) is 1.93. The average Bonchev–Trinajstić information content (AvgIpc) is 1.80. The minimum absolute atomic E-state index is 0. The SMILES string of the molecule is CCCN=C=NN(C)C.Cl. The lowest BCUT2D eigenvalue weighted by atomic mass is 10.5. The van der Waals surface area contributed by atoms with Crippen LogP contribution < -0.4 is 0 Å². The van der Waals surface area contributed by atoms with E-state index in [1.807, 2.05) is 14.1 Å². The highest BCUT2D eigenvalue weighted by molar-refractivity contribution is 5.85. The van der Waals surface area contributed by atoms with E-state index in [1.165, 1.54) is 0 Å². The van der Waals surface area contributed by atoms with Gasteiger partial charge >= 0.3 is 0 Å². The number of hydrazone groups is 1. The van der Waals surface area contributed by atoms with Crippen molar-refractivity contribution in [2.24, 2.45) is 10.1 Å². The zero-order chi connectivity index (χ0) is 7.11. The van der Waals surface area contributed by atoms with Gasteiger partial charge in [-0.1, -0.05) is 6.92 Å². The molecule has 0 aliphatic carbocycles. The largest absolute Gasteiger partial charge is 0.294 e. The molecule has 3 nitrogen and oxygen atoms in total. The molecule has 0 rings (SSSR count). The van der Waals surface area contributed by atoms with Crippen LogP contribution in [-0.4, -0.2) is 31.7 Å².